The van der Waals surface area contributed by atoms with E-state index in [0.29, 0.717) is 24.3 Å². The highest BCUT2D eigenvalue weighted by atomic mass is 16.2. The van der Waals surface area contributed by atoms with Gasteiger partial charge >= 0.3 is 0 Å². The van der Waals surface area contributed by atoms with E-state index in [1.807, 2.05) is 4.90 Å². The molecule has 1 heterocycles. The lowest BCUT2D eigenvalue weighted by molar-refractivity contribution is -0.167. The SMILES string of the molecule is CC12CC3CC(C1)CC(C(=O)N1CCCC(=O)C1)(C3)C2. The van der Waals surface area contributed by atoms with Crippen LogP contribution in [0.5, 0.6) is 0 Å². The molecule has 4 bridgehead atoms. The van der Waals surface area contributed by atoms with Crippen LogP contribution in [-0.4, -0.2) is 29.7 Å². The summed E-state index contributed by atoms with van der Waals surface area (Å²) in [6.45, 7) is 3.58. The van der Waals surface area contributed by atoms with Crippen LogP contribution in [0.25, 0.3) is 0 Å². The molecule has 1 amide bonds. The molecule has 0 spiro atoms. The third-order valence-corrected chi connectivity index (χ3v) is 6.35. The van der Waals surface area contributed by atoms with E-state index in [9.17, 15) is 9.59 Å². The van der Waals surface area contributed by atoms with Crippen LogP contribution in [0, 0.1) is 22.7 Å². The highest BCUT2D eigenvalue weighted by Crippen LogP contribution is 2.65. The Morgan fingerprint density at radius 2 is 1.90 bits per heavy atom. The van der Waals surface area contributed by atoms with Crippen LogP contribution in [-0.2, 0) is 9.59 Å². The van der Waals surface area contributed by atoms with E-state index >= 15 is 0 Å². The van der Waals surface area contributed by atoms with Crippen LogP contribution in [0.3, 0.4) is 0 Å². The molecule has 110 valence electrons. The summed E-state index contributed by atoms with van der Waals surface area (Å²) in [7, 11) is 0. The Labute approximate surface area is 121 Å². The molecule has 0 aromatic rings. The highest BCUT2D eigenvalue weighted by Gasteiger charge is 2.59. The van der Waals surface area contributed by atoms with Gasteiger partial charge in [0.1, 0.15) is 0 Å². The Bertz CT molecular complexity index is 456. The first-order valence-electron chi connectivity index (χ1n) is 8.29. The second-order valence-corrected chi connectivity index (χ2v) is 8.42. The van der Waals surface area contributed by atoms with Crippen LogP contribution in [0.2, 0.25) is 0 Å². The van der Waals surface area contributed by atoms with Gasteiger partial charge in [0, 0.05) is 13.0 Å². The quantitative estimate of drug-likeness (QED) is 0.738. The topological polar surface area (TPSA) is 37.4 Å². The Morgan fingerprint density at radius 1 is 1.20 bits per heavy atom. The zero-order valence-electron chi connectivity index (χ0n) is 12.5. The van der Waals surface area contributed by atoms with Crippen molar-refractivity contribution < 1.29 is 9.59 Å². The van der Waals surface area contributed by atoms with Gasteiger partial charge < -0.3 is 4.90 Å². The highest BCUT2D eigenvalue weighted by molar-refractivity contribution is 5.90. The van der Waals surface area contributed by atoms with Crippen LogP contribution >= 0.6 is 0 Å². The Kier molecular flexibility index (Phi) is 2.62. The first kappa shape index (κ1) is 12.8. The number of carbonyl (C=O) groups is 2. The molecular weight excluding hydrogens is 250 g/mol. The van der Waals surface area contributed by atoms with Crippen molar-refractivity contribution in [3.8, 4) is 0 Å². The largest absolute Gasteiger partial charge is 0.335 e. The molecule has 3 heteroatoms. The molecular formula is C17H25NO2. The number of likely N-dealkylation sites (tertiary alicyclic amines) is 1. The molecule has 0 aromatic carbocycles. The lowest BCUT2D eigenvalue weighted by Gasteiger charge is -2.61. The minimum atomic E-state index is -0.101. The molecule has 2 unspecified atom stereocenters. The van der Waals surface area contributed by atoms with Crippen molar-refractivity contribution in [2.45, 2.75) is 58.3 Å². The van der Waals surface area contributed by atoms with E-state index in [4.69, 9.17) is 0 Å². The van der Waals surface area contributed by atoms with Gasteiger partial charge in [-0.05, 0) is 62.2 Å². The maximum Gasteiger partial charge on any atom is 0.229 e. The average molecular weight is 275 g/mol. The van der Waals surface area contributed by atoms with Crippen molar-refractivity contribution in [2.75, 3.05) is 13.1 Å². The fraction of sp³-hybridized carbons (Fsp3) is 0.882. The van der Waals surface area contributed by atoms with Gasteiger partial charge in [-0.15, -0.1) is 0 Å². The molecule has 5 fully saturated rings. The molecule has 5 rings (SSSR count). The van der Waals surface area contributed by atoms with E-state index < -0.39 is 0 Å². The van der Waals surface area contributed by atoms with Gasteiger partial charge in [0.05, 0.1) is 12.0 Å². The summed E-state index contributed by atoms with van der Waals surface area (Å²) in [5.41, 5.74) is 0.302. The van der Waals surface area contributed by atoms with Gasteiger partial charge in [-0.2, -0.15) is 0 Å². The van der Waals surface area contributed by atoms with Crippen molar-refractivity contribution in [2.24, 2.45) is 22.7 Å². The molecule has 1 aliphatic heterocycles. The third kappa shape index (κ3) is 1.85. The standard InChI is InChI=1S/C17H25NO2/c1-16-6-12-5-13(7-16)9-17(8-12,11-16)15(20)18-4-2-3-14(19)10-18/h12-13H,2-11H2,1H3. The van der Waals surface area contributed by atoms with E-state index in [1.165, 1.54) is 19.3 Å². The van der Waals surface area contributed by atoms with Crippen LogP contribution in [0.15, 0.2) is 0 Å². The first-order valence-corrected chi connectivity index (χ1v) is 8.29. The molecule has 0 radical (unpaired) electrons. The predicted molar refractivity (Wildman–Crippen MR) is 76.0 cm³/mol. The maximum atomic E-state index is 13.1. The summed E-state index contributed by atoms with van der Waals surface area (Å²) < 4.78 is 0. The smallest absolute Gasteiger partial charge is 0.229 e. The minimum Gasteiger partial charge on any atom is -0.335 e. The zero-order chi connectivity index (χ0) is 14.0. The van der Waals surface area contributed by atoms with Gasteiger partial charge in [-0.25, -0.2) is 0 Å². The number of hydrogen-bond donors (Lipinski definition) is 0. The molecule has 20 heavy (non-hydrogen) atoms. The number of amides is 1. The second kappa shape index (κ2) is 4.08. The summed E-state index contributed by atoms with van der Waals surface area (Å²) in [5.74, 6) is 2.11. The van der Waals surface area contributed by atoms with E-state index in [0.717, 1.165) is 44.1 Å². The second-order valence-electron chi connectivity index (χ2n) is 8.42. The molecule has 3 nitrogen and oxygen atoms in total. The number of hydrogen-bond acceptors (Lipinski definition) is 2. The Balaban J connectivity index is 1.60. The monoisotopic (exact) mass is 275 g/mol. The summed E-state index contributed by atoms with van der Waals surface area (Å²) in [4.78, 5) is 26.7. The number of nitrogens with zero attached hydrogens (tertiary/aromatic N) is 1. The van der Waals surface area contributed by atoms with E-state index in [-0.39, 0.29) is 11.2 Å². The van der Waals surface area contributed by atoms with Gasteiger partial charge in [0.25, 0.3) is 0 Å². The van der Waals surface area contributed by atoms with Crippen molar-refractivity contribution in [1.82, 2.24) is 4.90 Å². The maximum absolute atomic E-state index is 13.1. The van der Waals surface area contributed by atoms with E-state index in [2.05, 4.69) is 6.92 Å². The van der Waals surface area contributed by atoms with Gasteiger partial charge in [0.15, 0.2) is 5.78 Å². The fourth-order valence-electron chi connectivity index (χ4n) is 6.32. The lowest BCUT2D eigenvalue weighted by Crippen LogP contribution is -2.58. The van der Waals surface area contributed by atoms with Gasteiger partial charge in [-0.1, -0.05) is 6.92 Å². The van der Waals surface area contributed by atoms with Crippen LogP contribution < -0.4 is 0 Å². The van der Waals surface area contributed by atoms with Crippen molar-refractivity contribution in [1.29, 1.82) is 0 Å². The molecule has 1 saturated heterocycles. The average Bonchev–Trinajstić information content (AvgIpc) is 2.35. The number of rotatable bonds is 1. The normalized spacial score (nSPS) is 46.9. The molecule has 0 aromatic heterocycles. The number of carbonyl (C=O) groups excluding carboxylic acids is 2. The van der Waals surface area contributed by atoms with Crippen molar-refractivity contribution >= 4 is 11.7 Å². The number of piperidine rings is 1. The molecule has 5 aliphatic rings. The number of Topliss-reactive ketones (excluding diaryl/α,β-unsaturated/α-hetero) is 1. The van der Waals surface area contributed by atoms with Crippen LogP contribution in [0.4, 0.5) is 0 Å². The van der Waals surface area contributed by atoms with Gasteiger partial charge in [-0.3, -0.25) is 9.59 Å². The fourth-order valence-corrected chi connectivity index (χ4v) is 6.32. The zero-order valence-corrected chi connectivity index (χ0v) is 12.5. The van der Waals surface area contributed by atoms with E-state index in [1.54, 1.807) is 0 Å². The predicted octanol–water partition coefficient (Wildman–Crippen LogP) is 2.78. The van der Waals surface area contributed by atoms with Crippen molar-refractivity contribution in [3.63, 3.8) is 0 Å². The Hall–Kier alpha value is -0.860. The third-order valence-electron chi connectivity index (χ3n) is 6.35. The molecule has 2 atom stereocenters. The molecule has 4 saturated carbocycles. The molecule has 0 N–H and O–H groups in total. The summed E-state index contributed by atoms with van der Waals surface area (Å²) >= 11 is 0. The van der Waals surface area contributed by atoms with Crippen LogP contribution in [0.1, 0.15) is 58.3 Å². The summed E-state index contributed by atoms with van der Waals surface area (Å²) in [5, 5.41) is 0. The lowest BCUT2D eigenvalue weighted by atomic mass is 9.44. The first-order chi connectivity index (χ1) is 9.48. The minimum absolute atomic E-state index is 0.101. The number of ketones is 1. The van der Waals surface area contributed by atoms with Gasteiger partial charge in [0.2, 0.25) is 5.91 Å². The summed E-state index contributed by atoms with van der Waals surface area (Å²) in [6.07, 6.45) is 8.82. The Morgan fingerprint density at radius 3 is 2.50 bits per heavy atom. The van der Waals surface area contributed by atoms with Crippen molar-refractivity contribution in [3.05, 3.63) is 0 Å². The molecule has 4 aliphatic carbocycles. The summed E-state index contributed by atoms with van der Waals surface area (Å²) in [6, 6.07) is 0.